The van der Waals surface area contributed by atoms with Crippen molar-refractivity contribution < 1.29 is 0 Å². The fourth-order valence-corrected chi connectivity index (χ4v) is 3.56. The normalized spacial score (nSPS) is 11.6. The lowest BCUT2D eigenvalue weighted by Gasteiger charge is -2.07. The molecule has 0 saturated carbocycles. The van der Waals surface area contributed by atoms with E-state index in [2.05, 4.69) is 57.9 Å². The number of imidazole rings is 2. The van der Waals surface area contributed by atoms with Crippen LogP contribution in [-0.4, -0.2) is 23.7 Å². The molecule has 0 saturated heterocycles. The maximum absolute atomic E-state index is 4.15. The first-order valence-corrected chi connectivity index (χ1v) is 8.38. The molecule has 0 atom stereocenters. The second kappa shape index (κ2) is 5.34. The number of hydrogen-bond donors (Lipinski definition) is 0. The van der Waals surface area contributed by atoms with Crippen LogP contribution in [0.2, 0.25) is 0 Å². The van der Waals surface area contributed by atoms with E-state index in [4.69, 9.17) is 0 Å². The lowest BCUT2D eigenvalue weighted by Crippen LogP contribution is -1.96. The van der Waals surface area contributed by atoms with Crippen molar-refractivity contribution in [3.8, 4) is 11.4 Å². The fraction of sp³-hybridized carbons (Fsp3) is 0.100. The van der Waals surface area contributed by atoms with Crippen LogP contribution in [0.4, 0.5) is 0 Å². The molecule has 5 rings (SSSR count). The van der Waals surface area contributed by atoms with E-state index in [0.717, 1.165) is 17.9 Å². The van der Waals surface area contributed by atoms with Crippen molar-refractivity contribution in [2.45, 2.75) is 13.5 Å². The van der Waals surface area contributed by atoms with Crippen LogP contribution in [0.5, 0.6) is 0 Å². The molecule has 0 unspecified atom stereocenters. The Balaban J connectivity index is 1.79. The molecule has 0 fully saturated rings. The molecule has 0 radical (unpaired) electrons. The van der Waals surface area contributed by atoms with Gasteiger partial charge in [0, 0.05) is 53.5 Å². The van der Waals surface area contributed by atoms with E-state index in [1.54, 1.807) is 12.4 Å². The minimum absolute atomic E-state index is 0.917. The minimum Gasteiger partial charge on any atom is -0.341 e. The summed E-state index contributed by atoms with van der Waals surface area (Å²) < 4.78 is 6.44. The van der Waals surface area contributed by atoms with Crippen LogP contribution in [0.15, 0.2) is 73.8 Å². The first-order chi connectivity index (χ1) is 12.3. The number of nitrogens with zero attached hydrogens (tertiary/aromatic N) is 5. The van der Waals surface area contributed by atoms with Gasteiger partial charge in [-0.05, 0) is 31.2 Å². The summed E-state index contributed by atoms with van der Waals surface area (Å²) in [4.78, 5) is 8.30. The van der Waals surface area contributed by atoms with Gasteiger partial charge in [-0.15, -0.1) is 0 Å². The summed E-state index contributed by atoms with van der Waals surface area (Å²) in [6.07, 6.45) is 11.2. The van der Waals surface area contributed by atoms with E-state index in [9.17, 15) is 0 Å². The Morgan fingerprint density at radius 2 is 1.28 bits per heavy atom. The van der Waals surface area contributed by atoms with Crippen molar-refractivity contribution in [2.75, 3.05) is 0 Å². The number of aromatic nitrogens is 5. The van der Waals surface area contributed by atoms with Crippen molar-refractivity contribution in [1.29, 1.82) is 0 Å². The maximum Gasteiger partial charge on any atom is 0.0991 e. The number of rotatable bonds is 3. The van der Waals surface area contributed by atoms with Crippen LogP contribution in [0.3, 0.4) is 0 Å². The van der Waals surface area contributed by atoms with Crippen LogP contribution in [0, 0.1) is 0 Å². The van der Waals surface area contributed by atoms with E-state index in [1.165, 1.54) is 21.8 Å². The fourth-order valence-electron chi connectivity index (χ4n) is 3.56. The number of fused-ring (bicyclic) bond motifs is 3. The predicted molar refractivity (Wildman–Crippen MR) is 99.4 cm³/mol. The third kappa shape index (κ3) is 2.09. The van der Waals surface area contributed by atoms with Gasteiger partial charge in [-0.1, -0.05) is 12.1 Å². The molecule has 0 N–H and O–H groups in total. The van der Waals surface area contributed by atoms with E-state index in [-0.39, 0.29) is 0 Å². The van der Waals surface area contributed by atoms with Gasteiger partial charge in [-0.25, -0.2) is 9.97 Å². The third-order valence-electron chi connectivity index (χ3n) is 4.76. The van der Waals surface area contributed by atoms with E-state index in [0.29, 0.717) is 0 Å². The first kappa shape index (κ1) is 14.0. The molecule has 3 heterocycles. The number of aryl methyl sites for hydroxylation is 1. The van der Waals surface area contributed by atoms with Gasteiger partial charge in [0.2, 0.25) is 0 Å². The van der Waals surface area contributed by atoms with E-state index >= 15 is 0 Å². The monoisotopic (exact) mass is 327 g/mol. The largest absolute Gasteiger partial charge is 0.341 e. The van der Waals surface area contributed by atoms with Crippen LogP contribution in [-0.2, 0) is 6.54 Å². The molecule has 5 heteroatoms. The lowest BCUT2D eigenvalue weighted by molar-refractivity contribution is 0.826. The summed E-state index contributed by atoms with van der Waals surface area (Å²) >= 11 is 0. The topological polar surface area (TPSA) is 40.6 Å². The van der Waals surface area contributed by atoms with Crippen LogP contribution < -0.4 is 0 Å². The summed E-state index contributed by atoms with van der Waals surface area (Å²) in [5.74, 6) is 0. The zero-order chi connectivity index (χ0) is 16.8. The second-order valence-electron chi connectivity index (χ2n) is 6.09. The molecule has 5 nitrogen and oxygen atoms in total. The van der Waals surface area contributed by atoms with Crippen molar-refractivity contribution in [3.05, 3.63) is 73.8 Å². The molecule has 25 heavy (non-hydrogen) atoms. The van der Waals surface area contributed by atoms with Crippen LogP contribution in [0.25, 0.3) is 33.2 Å². The Hall–Kier alpha value is -3.34. The van der Waals surface area contributed by atoms with Gasteiger partial charge in [0.05, 0.1) is 23.7 Å². The molecule has 0 amide bonds. The maximum atomic E-state index is 4.15. The van der Waals surface area contributed by atoms with Crippen molar-refractivity contribution >= 4 is 21.8 Å². The molecule has 0 aliphatic carbocycles. The molecule has 0 aliphatic heterocycles. The van der Waals surface area contributed by atoms with Gasteiger partial charge < -0.3 is 13.7 Å². The van der Waals surface area contributed by atoms with Crippen LogP contribution in [0.1, 0.15) is 6.92 Å². The van der Waals surface area contributed by atoms with Gasteiger partial charge in [-0.3, -0.25) is 0 Å². The van der Waals surface area contributed by atoms with Gasteiger partial charge in [-0.2, -0.15) is 0 Å². The zero-order valence-corrected chi connectivity index (χ0v) is 13.9. The number of benzene rings is 2. The van der Waals surface area contributed by atoms with Crippen LogP contribution >= 0.6 is 0 Å². The first-order valence-electron chi connectivity index (χ1n) is 8.38. The van der Waals surface area contributed by atoms with Crippen molar-refractivity contribution in [3.63, 3.8) is 0 Å². The average Bonchev–Trinajstić information content (AvgIpc) is 3.39. The minimum atomic E-state index is 0.917. The van der Waals surface area contributed by atoms with Gasteiger partial charge in [0.15, 0.2) is 0 Å². The molecule has 5 aromatic rings. The molecule has 0 bridgehead atoms. The molecule has 0 spiro atoms. The quantitative estimate of drug-likeness (QED) is 0.498. The lowest BCUT2D eigenvalue weighted by atomic mass is 10.1. The van der Waals surface area contributed by atoms with Gasteiger partial charge in [0.1, 0.15) is 0 Å². The van der Waals surface area contributed by atoms with Crippen molar-refractivity contribution in [1.82, 2.24) is 23.7 Å². The Kier molecular flexibility index (Phi) is 3.00. The number of hydrogen-bond acceptors (Lipinski definition) is 2. The average molecular weight is 327 g/mol. The predicted octanol–water partition coefficient (Wildman–Crippen LogP) is 4.19. The summed E-state index contributed by atoms with van der Waals surface area (Å²) in [5.41, 5.74) is 4.73. The Morgan fingerprint density at radius 3 is 1.68 bits per heavy atom. The second-order valence-corrected chi connectivity index (χ2v) is 6.09. The van der Waals surface area contributed by atoms with E-state index < -0.39 is 0 Å². The van der Waals surface area contributed by atoms with Gasteiger partial charge >= 0.3 is 0 Å². The highest BCUT2D eigenvalue weighted by Gasteiger charge is 2.12. The zero-order valence-electron chi connectivity index (χ0n) is 13.9. The highest BCUT2D eigenvalue weighted by Crippen LogP contribution is 2.32. The van der Waals surface area contributed by atoms with Gasteiger partial charge in [0.25, 0.3) is 0 Å². The Bertz CT molecular complexity index is 1070. The molecule has 122 valence electrons. The highest BCUT2D eigenvalue weighted by molar-refractivity contribution is 6.09. The SMILES string of the molecule is CCn1c2cc(-n3ccnc3)ccc2c2ccc(-n3ccnc3)cc21. The summed E-state index contributed by atoms with van der Waals surface area (Å²) in [6, 6.07) is 13.2. The Morgan fingerprint density at radius 1 is 0.760 bits per heavy atom. The smallest absolute Gasteiger partial charge is 0.0991 e. The van der Waals surface area contributed by atoms with E-state index in [1.807, 2.05) is 34.2 Å². The summed E-state index contributed by atoms with van der Waals surface area (Å²) in [6.45, 7) is 3.10. The molecule has 0 aliphatic rings. The standard InChI is InChI=1S/C20H17N5/c1-2-25-19-11-15(23-9-7-21-13-23)3-5-17(19)18-6-4-16(12-20(18)25)24-10-8-22-14-24/h3-14H,2H2,1H3. The van der Waals surface area contributed by atoms with Crippen molar-refractivity contribution in [2.24, 2.45) is 0 Å². The summed E-state index contributed by atoms with van der Waals surface area (Å²) in [7, 11) is 0. The molecular formula is C20H17N5. The molecule has 2 aromatic carbocycles. The highest BCUT2D eigenvalue weighted by atomic mass is 15.0. The molecular weight excluding hydrogens is 310 g/mol. The Labute approximate surface area is 144 Å². The molecule has 3 aromatic heterocycles. The third-order valence-corrected chi connectivity index (χ3v) is 4.76. The summed E-state index contributed by atoms with van der Waals surface area (Å²) in [5, 5.41) is 2.55.